The maximum Gasteiger partial charge on any atom is 0.242 e. The molecule has 0 bridgehead atoms. The second kappa shape index (κ2) is 12.2. The summed E-state index contributed by atoms with van der Waals surface area (Å²) in [5.41, 5.74) is 8.03. The molecule has 12 heteroatoms. The second-order valence-electron chi connectivity index (χ2n) is 10.1. The molecular weight excluding hydrogens is 506 g/mol. The highest BCUT2D eigenvalue weighted by Crippen LogP contribution is 2.28. The first-order chi connectivity index (χ1) is 18.2. The van der Waals surface area contributed by atoms with Crippen LogP contribution in [0.5, 0.6) is 0 Å². The Hall–Kier alpha value is -3.09. The molecule has 1 aromatic carbocycles. The number of likely N-dealkylation sites (tertiary alicyclic amines) is 2. The Balaban J connectivity index is 1.33. The molecule has 2 aromatic rings. The molecule has 206 valence electrons. The molecule has 2 fully saturated rings. The van der Waals surface area contributed by atoms with E-state index in [-0.39, 0.29) is 28.6 Å². The van der Waals surface area contributed by atoms with E-state index in [0.29, 0.717) is 13.1 Å². The Morgan fingerprint density at radius 1 is 1.08 bits per heavy atom. The minimum atomic E-state index is -3.56. The van der Waals surface area contributed by atoms with E-state index in [4.69, 9.17) is 10.6 Å². The number of nitrogen functional groups attached to an aromatic ring is 1. The lowest BCUT2D eigenvalue weighted by Crippen LogP contribution is -2.46. The Labute approximate surface area is 224 Å². The minimum Gasteiger partial charge on any atom is -0.399 e. The number of hydrogen-bond acceptors (Lipinski definition) is 9. The van der Waals surface area contributed by atoms with E-state index in [0.717, 1.165) is 62.2 Å². The van der Waals surface area contributed by atoms with Crippen molar-refractivity contribution in [2.45, 2.75) is 37.1 Å². The lowest BCUT2D eigenvalue weighted by atomic mass is 9.87. The van der Waals surface area contributed by atoms with Crippen molar-refractivity contribution in [1.82, 2.24) is 24.1 Å². The maximum atomic E-state index is 13.3. The van der Waals surface area contributed by atoms with Crippen molar-refractivity contribution in [3.63, 3.8) is 0 Å². The minimum absolute atomic E-state index is 0.0329. The van der Waals surface area contributed by atoms with Crippen LogP contribution in [0.2, 0.25) is 0 Å². The Morgan fingerprint density at radius 2 is 1.71 bits per heavy atom. The zero-order valence-corrected chi connectivity index (χ0v) is 23.1. The van der Waals surface area contributed by atoms with E-state index in [1.54, 1.807) is 30.6 Å². The fourth-order valence-corrected chi connectivity index (χ4v) is 6.11. The average Bonchev–Trinajstić information content (AvgIpc) is 2.93. The highest BCUT2D eigenvalue weighted by molar-refractivity contribution is 7.89. The summed E-state index contributed by atoms with van der Waals surface area (Å²) < 4.78 is 26.5. The molecule has 38 heavy (non-hydrogen) atoms. The first-order valence-electron chi connectivity index (χ1n) is 12.9. The topological polar surface area (TPSA) is 134 Å². The largest absolute Gasteiger partial charge is 0.399 e. The second-order valence-corrected chi connectivity index (χ2v) is 12.2. The number of aromatic nitrogens is 2. The number of hydrogen-bond donors (Lipinski definition) is 1. The number of rotatable bonds is 8. The summed E-state index contributed by atoms with van der Waals surface area (Å²) >= 11 is 0. The van der Waals surface area contributed by atoms with Crippen LogP contribution in [0.15, 0.2) is 46.7 Å². The quantitative estimate of drug-likeness (QED) is 0.394. The monoisotopic (exact) mass is 543 g/mol. The van der Waals surface area contributed by atoms with Gasteiger partial charge in [-0.15, -0.1) is 0 Å². The van der Waals surface area contributed by atoms with Gasteiger partial charge in [-0.25, -0.2) is 22.7 Å². The maximum absolute atomic E-state index is 13.3. The number of anilines is 1. The smallest absolute Gasteiger partial charge is 0.242 e. The lowest BCUT2D eigenvalue weighted by molar-refractivity contribution is -0.138. The fraction of sp³-hybridized carbons (Fsp3) is 0.538. The van der Waals surface area contributed by atoms with Crippen molar-refractivity contribution in [2.75, 3.05) is 53.1 Å². The zero-order chi connectivity index (χ0) is 27.3. The van der Waals surface area contributed by atoms with E-state index in [1.165, 1.54) is 25.5 Å². The van der Waals surface area contributed by atoms with Crippen LogP contribution < -0.4 is 5.73 Å². The molecule has 0 radical (unpaired) electrons. The summed E-state index contributed by atoms with van der Waals surface area (Å²) in [6.07, 6.45) is 6.66. The van der Waals surface area contributed by atoms with Crippen molar-refractivity contribution >= 4 is 27.6 Å². The third-order valence-corrected chi connectivity index (χ3v) is 9.17. The van der Waals surface area contributed by atoms with Gasteiger partial charge in [0, 0.05) is 69.1 Å². The summed E-state index contributed by atoms with van der Waals surface area (Å²) in [6.45, 7) is 3.75. The van der Waals surface area contributed by atoms with Crippen LogP contribution in [0.1, 0.15) is 36.8 Å². The van der Waals surface area contributed by atoms with Gasteiger partial charge in [-0.3, -0.25) is 9.69 Å². The molecule has 0 spiro atoms. The van der Waals surface area contributed by atoms with Crippen LogP contribution >= 0.6 is 0 Å². The molecule has 0 atom stereocenters. The number of piperidine rings is 2. The molecule has 4 rings (SSSR count). The summed E-state index contributed by atoms with van der Waals surface area (Å²) in [4.78, 5) is 31.1. The van der Waals surface area contributed by atoms with Gasteiger partial charge in [0.25, 0.3) is 0 Å². The summed E-state index contributed by atoms with van der Waals surface area (Å²) in [5.74, 6) is 0.599. The molecule has 1 amide bonds. The van der Waals surface area contributed by atoms with Gasteiger partial charge in [0.2, 0.25) is 21.9 Å². The van der Waals surface area contributed by atoms with Crippen molar-refractivity contribution in [3.8, 4) is 0 Å². The van der Waals surface area contributed by atoms with Crippen LogP contribution in [0.25, 0.3) is 0 Å². The van der Waals surface area contributed by atoms with E-state index in [1.807, 2.05) is 11.0 Å². The number of carbonyl (C=O) groups excluding carboxylic acids is 1. The van der Waals surface area contributed by atoms with Gasteiger partial charge in [0.1, 0.15) is 7.11 Å². The summed E-state index contributed by atoms with van der Waals surface area (Å²) in [7, 11) is 0.950. The number of oxime groups is 1. The fourth-order valence-electron chi connectivity index (χ4n) is 5.16. The van der Waals surface area contributed by atoms with Crippen molar-refractivity contribution < 1.29 is 18.0 Å². The Bertz CT molecular complexity index is 1230. The number of sulfonamides is 1. The third kappa shape index (κ3) is 6.48. The van der Waals surface area contributed by atoms with E-state index in [9.17, 15) is 13.2 Å². The molecule has 2 N–H and O–H groups in total. The summed E-state index contributed by atoms with van der Waals surface area (Å²) in [5, 5.41) is 4.28. The highest BCUT2D eigenvalue weighted by atomic mass is 32.2. The SMILES string of the molecule is CO/N=C(\c1cccc(S(=O)(=O)N(C)C)c1)C1CCN(C(=O)C2CCN(Cc3cnc(N)nc3)CC2)CC1. The predicted octanol–water partition coefficient (Wildman–Crippen LogP) is 1.81. The van der Waals surface area contributed by atoms with Crippen molar-refractivity contribution in [2.24, 2.45) is 17.0 Å². The van der Waals surface area contributed by atoms with Gasteiger partial charge in [-0.2, -0.15) is 0 Å². The molecule has 0 unspecified atom stereocenters. The van der Waals surface area contributed by atoms with Crippen LogP contribution in [0.3, 0.4) is 0 Å². The molecular formula is C26H37N7O4S. The van der Waals surface area contributed by atoms with Crippen LogP contribution in [0.4, 0.5) is 5.95 Å². The van der Waals surface area contributed by atoms with Gasteiger partial charge in [-0.05, 0) is 50.9 Å². The van der Waals surface area contributed by atoms with E-state index in [2.05, 4.69) is 20.0 Å². The number of nitrogens with two attached hydrogens (primary N) is 1. The third-order valence-electron chi connectivity index (χ3n) is 7.36. The molecule has 0 aliphatic carbocycles. The first kappa shape index (κ1) is 27.9. The van der Waals surface area contributed by atoms with Crippen LogP contribution in [-0.2, 0) is 26.2 Å². The standard InChI is InChI=1S/C26H37N7O4S/c1-31(2)38(35,36)23-6-4-5-22(15-23)24(30-37-3)20-9-13-33(14-10-20)25(34)21-7-11-32(12-8-21)18-19-16-28-26(27)29-17-19/h4-6,15-17,20-21H,7-14,18H2,1-3H3,(H2,27,28,29)/b30-24-. The number of carbonyl (C=O) groups is 1. The molecule has 11 nitrogen and oxygen atoms in total. The molecule has 2 aliphatic heterocycles. The molecule has 3 heterocycles. The number of benzene rings is 1. The molecule has 1 aromatic heterocycles. The van der Waals surface area contributed by atoms with Gasteiger partial charge >= 0.3 is 0 Å². The lowest BCUT2D eigenvalue weighted by Gasteiger charge is -2.37. The first-order valence-corrected chi connectivity index (χ1v) is 14.3. The molecule has 0 saturated carbocycles. The van der Waals surface area contributed by atoms with Crippen molar-refractivity contribution in [1.29, 1.82) is 0 Å². The Morgan fingerprint density at radius 3 is 2.32 bits per heavy atom. The number of nitrogens with zero attached hydrogens (tertiary/aromatic N) is 6. The van der Waals surface area contributed by atoms with Gasteiger partial charge in [-0.1, -0.05) is 17.3 Å². The van der Waals surface area contributed by atoms with E-state index >= 15 is 0 Å². The normalized spacial score (nSPS) is 18.6. The van der Waals surface area contributed by atoms with Crippen LogP contribution in [0, 0.1) is 11.8 Å². The van der Waals surface area contributed by atoms with Crippen molar-refractivity contribution in [3.05, 3.63) is 47.8 Å². The Kier molecular flexibility index (Phi) is 8.95. The molecule has 2 aliphatic rings. The van der Waals surface area contributed by atoms with Crippen LogP contribution in [-0.4, -0.2) is 91.5 Å². The van der Waals surface area contributed by atoms with Gasteiger partial charge < -0.3 is 15.5 Å². The van der Waals surface area contributed by atoms with Gasteiger partial charge in [0.05, 0.1) is 10.6 Å². The zero-order valence-electron chi connectivity index (χ0n) is 22.3. The predicted molar refractivity (Wildman–Crippen MR) is 145 cm³/mol. The van der Waals surface area contributed by atoms with E-state index < -0.39 is 10.0 Å². The number of amides is 1. The average molecular weight is 544 g/mol. The highest BCUT2D eigenvalue weighted by Gasteiger charge is 2.33. The molecule has 2 saturated heterocycles. The summed E-state index contributed by atoms with van der Waals surface area (Å²) in [6, 6.07) is 6.81. The van der Waals surface area contributed by atoms with Gasteiger partial charge in [0.15, 0.2) is 0 Å².